The van der Waals surface area contributed by atoms with E-state index >= 15 is 0 Å². The number of alkyl halides is 3. The van der Waals surface area contributed by atoms with Crippen molar-refractivity contribution in [3.8, 4) is 0 Å². The van der Waals surface area contributed by atoms with Crippen LogP contribution in [0.2, 0.25) is 0 Å². The third-order valence-electron chi connectivity index (χ3n) is 7.46. The fourth-order valence-electron chi connectivity index (χ4n) is 5.62. The van der Waals surface area contributed by atoms with E-state index in [0.717, 1.165) is 49.1 Å². The maximum absolute atomic E-state index is 13.8. The molecule has 2 saturated carbocycles. The fraction of sp³-hybridized carbons (Fsp3) is 0.692. The van der Waals surface area contributed by atoms with E-state index in [-0.39, 0.29) is 0 Å². The molecule has 0 heterocycles. The summed E-state index contributed by atoms with van der Waals surface area (Å²) in [6.45, 7) is 2.21. The molecule has 3 rings (SSSR count). The molecule has 0 N–H and O–H groups in total. The van der Waals surface area contributed by atoms with E-state index < -0.39 is 23.4 Å². The SMILES string of the molecule is CCCC=CC1CCC(C2CCC(CCc3cc(F)c(C(F)(F)F)c(F)c3)CC2)CC1. The Labute approximate surface area is 183 Å². The molecule has 2 aliphatic rings. The highest BCUT2D eigenvalue weighted by Crippen LogP contribution is 2.42. The Hall–Kier alpha value is -1.39. The standard InChI is InChI=1S/C26H35F5/c1-2-3-4-5-18-8-12-21(13-9-18)22-14-10-19(11-15-22)6-7-20-16-23(27)25(24(28)17-20)26(29,30)31/h4-5,16-19,21-22H,2-3,6-15H2,1H3. The first-order chi connectivity index (χ1) is 14.8. The van der Waals surface area contributed by atoms with Gasteiger partial charge in [0.05, 0.1) is 0 Å². The molecular weight excluding hydrogens is 407 g/mol. The van der Waals surface area contributed by atoms with Crippen molar-refractivity contribution in [2.24, 2.45) is 23.7 Å². The maximum atomic E-state index is 13.8. The van der Waals surface area contributed by atoms with Crippen LogP contribution in [0.4, 0.5) is 22.0 Å². The number of hydrogen-bond acceptors (Lipinski definition) is 0. The van der Waals surface area contributed by atoms with Crippen molar-refractivity contribution >= 4 is 0 Å². The lowest BCUT2D eigenvalue weighted by Gasteiger charge is -2.37. The van der Waals surface area contributed by atoms with Gasteiger partial charge in [-0.05, 0) is 99.2 Å². The Morgan fingerprint density at radius 3 is 1.94 bits per heavy atom. The predicted molar refractivity (Wildman–Crippen MR) is 115 cm³/mol. The Balaban J connectivity index is 1.42. The Morgan fingerprint density at radius 2 is 1.42 bits per heavy atom. The lowest BCUT2D eigenvalue weighted by molar-refractivity contribution is -0.142. The minimum atomic E-state index is -5.00. The second kappa shape index (κ2) is 11.0. The number of allylic oxidation sites excluding steroid dienone is 2. The summed E-state index contributed by atoms with van der Waals surface area (Å²) >= 11 is 0. The number of benzene rings is 1. The second-order valence-corrected chi connectivity index (χ2v) is 9.64. The topological polar surface area (TPSA) is 0 Å². The van der Waals surface area contributed by atoms with E-state index in [1.165, 1.54) is 51.4 Å². The van der Waals surface area contributed by atoms with Crippen LogP contribution in [-0.4, -0.2) is 0 Å². The summed E-state index contributed by atoms with van der Waals surface area (Å²) in [6.07, 6.45) is 13.2. The van der Waals surface area contributed by atoms with Gasteiger partial charge in [0.25, 0.3) is 0 Å². The first-order valence-corrected chi connectivity index (χ1v) is 12.0. The predicted octanol–water partition coefficient (Wildman–Crippen LogP) is 8.89. The monoisotopic (exact) mass is 442 g/mol. The van der Waals surface area contributed by atoms with Gasteiger partial charge < -0.3 is 0 Å². The van der Waals surface area contributed by atoms with Crippen molar-refractivity contribution in [3.63, 3.8) is 0 Å². The van der Waals surface area contributed by atoms with E-state index in [2.05, 4.69) is 19.1 Å². The van der Waals surface area contributed by atoms with E-state index in [1.807, 2.05) is 0 Å². The molecule has 0 nitrogen and oxygen atoms in total. The molecule has 0 atom stereocenters. The van der Waals surface area contributed by atoms with Crippen LogP contribution >= 0.6 is 0 Å². The van der Waals surface area contributed by atoms with Crippen molar-refractivity contribution < 1.29 is 22.0 Å². The zero-order valence-electron chi connectivity index (χ0n) is 18.5. The van der Waals surface area contributed by atoms with E-state index in [1.54, 1.807) is 0 Å². The van der Waals surface area contributed by atoms with E-state index in [9.17, 15) is 22.0 Å². The molecule has 174 valence electrons. The summed E-state index contributed by atoms with van der Waals surface area (Å²) in [4.78, 5) is 0. The van der Waals surface area contributed by atoms with Crippen molar-refractivity contribution in [2.45, 2.75) is 90.1 Å². The normalized spacial score (nSPS) is 27.7. The summed E-state index contributed by atoms with van der Waals surface area (Å²) in [5, 5.41) is 0. The van der Waals surface area contributed by atoms with Crippen molar-refractivity contribution in [1.82, 2.24) is 0 Å². The smallest absolute Gasteiger partial charge is 0.206 e. The average molecular weight is 443 g/mol. The molecule has 2 aliphatic carbocycles. The molecule has 0 spiro atoms. The molecule has 0 bridgehead atoms. The molecule has 1 aromatic carbocycles. The van der Waals surface area contributed by atoms with Crippen LogP contribution in [0.3, 0.4) is 0 Å². The highest BCUT2D eigenvalue weighted by atomic mass is 19.4. The van der Waals surface area contributed by atoms with Gasteiger partial charge in [-0.2, -0.15) is 13.2 Å². The van der Waals surface area contributed by atoms with Gasteiger partial charge in [0, 0.05) is 0 Å². The first kappa shape index (κ1) is 24.3. The zero-order chi connectivity index (χ0) is 22.4. The molecule has 0 unspecified atom stereocenters. The third-order valence-corrected chi connectivity index (χ3v) is 7.46. The molecule has 0 aromatic heterocycles. The van der Waals surface area contributed by atoms with Gasteiger partial charge in [-0.15, -0.1) is 0 Å². The van der Waals surface area contributed by atoms with Crippen LogP contribution in [-0.2, 0) is 12.6 Å². The highest BCUT2D eigenvalue weighted by molar-refractivity contribution is 5.28. The van der Waals surface area contributed by atoms with Gasteiger partial charge in [-0.25, -0.2) is 8.78 Å². The van der Waals surface area contributed by atoms with Gasteiger partial charge >= 0.3 is 6.18 Å². The summed E-state index contributed by atoms with van der Waals surface area (Å²) in [6, 6.07) is 1.70. The summed E-state index contributed by atoms with van der Waals surface area (Å²) in [5.41, 5.74) is -1.47. The van der Waals surface area contributed by atoms with Crippen LogP contribution in [0.1, 0.15) is 88.7 Å². The van der Waals surface area contributed by atoms with E-state index in [0.29, 0.717) is 17.9 Å². The molecule has 5 heteroatoms. The number of aryl methyl sites for hydroxylation is 1. The van der Waals surface area contributed by atoms with Gasteiger partial charge in [-0.3, -0.25) is 0 Å². The largest absolute Gasteiger partial charge is 0.422 e. The Kier molecular flexibility index (Phi) is 8.58. The third kappa shape index (κ3) is 6.79. The molecule has 0 aliphatic heterocycles. The van der Waals surface area contributed by atoms with Crippen LogP contribution in [0, 0.1) is 35.3 Å². The lowest BCUT2D eigenvalue weighted by Crippen LogP contribution is -2.25. The number of unbranched alkanes of at least 4 members (excludes halogenated alkanes) is 1. The zero-order valence-corrected chi connectivity index (χ0v) is 18.5. The molecule has 0 amide bonds. The van der Waals surface area contributed by atoms with Gasteiger partial charge in [0.2, 0.25) is 0 Å². The molecule has 0 radical (unpaired) electrons. The summed E-state index contributed by atoms with van der Waals surface area (Å²) < 4.78 is 65.7. The van der Waals surface area contributed by atoms with Crippen molar-refractivity contribution in [3.05, 3.63) is 47.0 Å². The maximum Gasteiger partial charge on any atom is 0.422 e. The Morgan fingerprint density at radius 1 is 0.871 bits per heavy atom. The minimum absolute atomic E-state index is 0.319. The van der Waals surface area contributed by atoms with E-state index in [4.69, 9.17) is 0 Å². The van der Waals surface area contributed by atoms with Crippen molar-refractivity contribution in [1.29, 1.82) is 0 Å². The summed E-state index contributed by atoms with van der Waals surface area (Å²) in [7, 11) is 0. The molecule has 1 aromatic rings. The van der Waals surface area contributed by atoms with Gasteiger partial charge in [-0.1, -0.05) is 38.3 Å². The van der Waals surface area contributed by atoms with Crippen LogP contribution < -0.4 is 0 Å². The number of halogens is 5. The molecule has 0 saturated heterocycles. The number of rotatable bonds is 7. The fourth-order valence-corrected chi connectivity index (χ4v) is 5.62. The minimum Gasteiger partial charge on any atom is -0.206 e. The van der Waals surface area contributed by atoms with Crippen molar-refractivity contribution in [2.75, 3.05) is 0 Å². The average Bonchev–Trinajstić information content (AvgIpc) is 2.72. The summed E-state index contributed by atoms with van der Waals surface area (Å²) in [5.74, 6) is -0.146. The van der Waals surface area contributed by atoms with Crippen LogP contribution in [0.25, 0.3) is 0 Å². The number of hydrogen-bond donors (Lipinski definition) is 0. The highest BCUT2D eigenvalue weighted by Gasteiger charge is 2.38. The van der Waals surface area contributed by atoms with Gasteiger partial charge in [0.1, 0.15) is 17.2 Å². The van der Waals surface area contributed by atoms with Crippen LogP contribution in [0.15, 0.2) is 24.3 Å². The second-order valence-electron chi connectivity index (χ2n) is 9.64. The molecular formula is C26H35F5. The Bertz CT molecular complexity index is 697. The first-order valence-electron chi connectivity index (χ1n) is 12.0. The quantitative estimate of drug-likeness (QED) is 0.292. The van der Waals surface area contributed by atoms with Crippen LogP contribution in [0.5, 0.6) is 0 Å². The lowest BCUT2D eigenvalue weighted by atomic mass is 9.68. The molecule has 2 fully saturated rings. The van der Waals surface area contributed by atoms with Gasteiger partial charge in [0.15, 0.2) is 0 Å². The molecule has 31 heavy (non-hydrogen) atoms.